The molecule has 0 unspecified atom stereocenters. The second-order valence-corrected chi connectivity index (χ2v) is 4.54. The normalized spacial score (nSPS) is 11.4. The molecule has 0 bridgehead atoms. The lowest BCUT2D eigenvalue weighted by Gasteiger charge is -2.13. The van der Waals surface area contributed by atoms with E-state index in [2.05, 4.69) is 31.4 Å². The van der Waals surface area contributed by atoms with Gasteiger partial charge in [-0.25, -0.2) is 0 Å². The molecule has 1 amide bonds. The quantitative estimate of drug-likeness (QED) is 0.884. The van der Waals surface area contributed by atoms with Crippen LogP contribution in [0.2, 0.25) is 0 Å². The molecule has 4 nitrogen and oxygen atoms in total. The number of H-pyrrole nitrogens is 1. The number of nitrogens with zero attached hydrogens (tertiary/aromatic N) is 1. The van der Waals surface area contributed by atoms with Gasteiger partial charge in [0, 0.05) is 10.7 Å². The van der Waals surface area contributed by atoms with Crippen LogP contribution in [0.3, 0.4) is 0 Å². The summed E-state index contributed by atoms with van der Waals surface area (Å²) in [6, 6.07) is 3.51. The predicted octanol–water partition coefficient (Wildman–Crippen LogP) is 3.44. The van der Waals surface area contributed by atoms with Crippen molar-refractivity contribution in [2.75, 3.05) is 5.32 Å². The van der Waals surface area contributed by atoms with E-state index in [4.69, 9.17) is 0 Å². The molecule has 0 radical (unpaired) electrons. The van der Waals surface area contributed by atoms with Gasteiger partial charge in [0.2, 0.25) is 0 Å². The number of halogens is 4. The zero-order valence-electron chi connectivity index (χ0n) is 9.25. The fourth-order valence-corrected chi connectivity index (χ4v) is 1.79. The first kappa shape index (κ1) is 13.6. The van der Waals surface area contributed by atoms with Gasteiger partial charge in [-0.05, 0) is 18.2 Å². The largest absolute Gasteiger partial charge is 0.418 e. The molecule has 0 saturated heterocycles. The molecule has 2 aromatic rings. The fraction of sp³-hybridized carbons (Fsp3) is 0.0909. The SMILES string of the molecule is O=C(Nc1ccc(Br)cc1C(F)(F)F)c1cn[nH]c1. The van der Waals surface area contributed by atoms with Crippen LogP contribution in [0.5, 0.6) is 0 Å². The van der Waals surface area contributed by atoms with E-state index in [0.29, 0.717) is 0 Å². The summed E-state index contributed by atoms with van der Waals surface area (Å²) in [6.07, 6.45) is -2.04. The average molecular weight is 334 g/mol. The van der Waals surface area contributed by atoms with Crippen LogP contribution in [0.15, 0.2) is 35.1 Å². The molecule has 0 aliphatic heterocycles. The minimum Gasteiger partial charge on any atom is -0.321 e. The Morgan fingerprint density at radius 2 is 2.11 bits per heavy atom. The Bertz CT molecular complexity index is 596. The molecule has 19 heavy (non-hydrogen) atoms. The molecule has 1 aromatic carbocycles. The molecular weight excluding hydrogens is 327 g/mol. The molecule has 0 aliphatic carbocycles. The van der Waals surface area contributed by atoms with Gasteiger partial charge >= 0.3 is 6.18 Å². The Hall–Kier alpha value is -1.83. The van der Waals surface area contributed by atoms with Gasteiger partial charge in [-0.3, -0.25) is 9.89 Å². The number of aromatic amines is 1. The molecule has 0 fully saturated rings. The first-order valence-corrected chi connectivity index (χ1v) is 5.84. The number of hydrogen-bond acceptors (Lipinski definition) is 2. The second-order valence-electron chi connectivity index (χ2n) is 3.63. The van der Waals surface area contributed by atoms with E-state index in [-0.39, 0.29) is 15.7 Å². The standard InChI is InChI=1S/C11H7BrF3N3O/c12-7-1-2-9(8(3-7)11(13,14)15)18-10(19)6-4-16-17-5-6/h1-5H,(H,16,17)(H,18,19). The molecule has 100 valence electrons. The number of aromatic nitrogens is 2. The van der Waals surface area contributed by atoms with E-state index in [1.54, 1.807) is 0 Å². The molecule has 2 rings (SSSR count). The third-order valence-electron chi connectivity index (χ3n) is 2.30. The Balaban J connectivity index is 2.33. The van der Waals surface area contributed by atoms with Gasteiger partial charge in [-0.2, -0.15) is 18.3 Å². The number of alkyl halides is 3. The summed E-state index contributed by atoms with van der Waals surface area (Å²) in [6.45, 7) is 0. The van der Waals surface area contributed by atoms with Crippen LogP contribution in [0.4, 0.5) is 18.9 Å². The lowest BCUT2D eigenvalue weighted by Crippen LogP contribution is -2.16. The maximum atomic E-state index is 12.8. The van der Waals surface area contributed by atoms with E-state index < -0.39 is 17.6 Å². The van der Waals surface area contributed by atoms with Gasteiger partial charge < -0.3 is 5.32 Å². The molecule has 2 N–H and O–H groups in total. The summed E-state index contributed by atoms with van der Waals surface area (Å²) in [5, 5.41) is 8.17. The third kappa shape index (κ3) is 3.14. The molecule has 1 aromatic heterocycles. The van der Waals surface area contributed by atoms with Gasteiger partial charge in [-0.1, -0.05) is 15.9 Å². The van der Waals surface area contributed by atoms with Gasteiger partial charge in [0.15, 0.2) is 0 Å². The smallest absolute Gasteiger partial charge is 0.321 e. The number of benzene rings is 1. The van der Waals surface area contributed by atoms with Crippen molar-refractivity contribution in [3.05, 3.63) is 46.2 Å². The van der Waals surface area contributed by atoms with Gasteiger partial charge in [-0.15, -0.1) is 0 Å². The number of hydrogen-bond donors (Lipinski definition) is 2. The molecule has 0 saturated carbocycles. The van der Waals surface area contributed by atoms with Gasteiger partial charge in [0.1, 0.15) is 0 Å². The number of anilines is 1. The summed E-state index contributed by atoms with van der Waals surface area (Å²) < 4.78 is 38.8. The van der Waals surface area contributed by atoms with E-state index >= 15 is 0 Å². The van der Waals surface area contributed by atoms with Crippen LogP contribution in [-0.2, 0) is 6.18 Å². The molecular formula is C11H7BrF3N3O. The van der Waals surface area contributed by atoms with Gasteiger partial charge in [0.25, 0.3) is 5.91 Å². The van der Waals surface area contributed by atoms with Crippen molar-refractivity contribution >= 4 is 27.5 Å². The topological polar surface area (TPSA) is 57.8 Å². The summed E-state index contributed by atoms with van der Waals surface area (Å²) in [7, 11) is 0. The summed E-state index contributed by atoms with van der Waals surface area (Å²) in [5.74, 6) is -0.665. The highest BCUT2D eigenvalue weighted by atomic mass is 79.9. The van der Waals surface area contributed by atoms with Gasteiger partial charge in [0.05, 0.1) is 23.0 Å². The lowest BCUT2D eigenvalue weighted by atomic mass is 10.1. The Morgan fingerprint density at radius 3 is 2.68 bits per heavy atom. The highest BCUT2D eigenvalue weighted by molar-refractivity contribution is 9.10. The zero-order chi connectivity index (χ0) is 14.0. The Labute approximate surface area is 114 Å². The van der Waals surface area contributed by atoms with Crippen molar-refractivity contribution in [3.63, 3.8) is 0 Å². The molecule has 1 heterocycles. The summed E-state index contributed by atoms with van der Waals surface area (Å²) in [4.78, 5) is 11.7. The van der Waals surface area contributed by atoms with Crippen LogP contribution in [0.25, 0.3) is 0 Å². The molecule has 0 aliphatic rings. The number of carbonyl (C=O) groups is 1. The van der Waals surface area contributed by atoms with Crippen LogP contribution >= 0.6 is 15.9 Å². The van der Waals surface area contributed by atoms with Crippen LogP contribution in [-0.4, -0.2) is 16.1 Å². The number of carbonyl (C=O) groups excluding carboxylic acids is 1. The molecule has 0 spiro atoms. The lowest BCUT2D eigenvalue weighted by molar-refractivity contribution is -0.136. The van der Waals surface area contributed by atoms with E-state index in [9.17, 15) is 18.0 Å². The Morgan fingerprint density at radius 1 is 1.37 bits per heavy atom. The van der Waals surface area contributed by atoms with Crippen LogP contribution in [0, 0.1) is 0 Å². The van der Waals surface area contributed by atoms with Crippen molar-refractivity contribution in [1.29, 1.82) is 0 Å². The highest BCUT2D eigenvalue weighted by Gasteiger charge is 2.34. The van der Waals surface area contributed by atoms with Crippen LogP contribution < -0.4 is 5.32 Å². The fourth-order valence-electron chi connectivity index (χ4n) is 1.43. The first-order valence-electron chi connectivity index (χ1n) is 5.05. The number of nitrogens with one attached hydrogen (secondary N) is 2. The third-order valence-corrected chi connectivity index (χ3v) is 2.79. The summed E-state index contributed by atoms with van der Waals surface area (Å²) >= 11 is 2.97. The molecule has 8 heteroatoms. The minimum absolute atomic E-state index is 0.149. The maximum Gasteiger partial charge on any atom is 0.418 e. The van der Waals surface area contributed by atoms with Crippen molar-refractivity contribution in [1.82, 2.24) is 10.2 Å². The monoisotopic (exact) mass is 333 g/mol. The van der Waals surface area contributed by atoms with Crippen molar-refractivity contribution in [2.45, 2.75) is 6.18 Å². The molecule has 0 atom stereocenters. The second kappa shape index (κ2) is 5.04. The number of rotatable bonds is 2. The Kier molecular flexibility index (Phi) is 3.61. The average Bonchev–Trinajstić information content (AvgIpc) is 2.83. The van der Waals surface area contributed by atoms with E-state index in [0.717, 1.165) is 6.07 Å². The van der Waals surface area contributed by atoms with Crippen molar-refractivity contribution < 1.29 is 18.0 Å². The van der Waals surface area contributed by atoms with E-state index in [1.807, 2.05) is 0 Å². The number of amides is 1. The summed E-state index contributed by atoms with van der Waals surface area (Å²) in [5.41, 5.74) is -1.07. The zero-order valence-corrected chi connectivity index (χ0v) is 10.8. The minimum atomic E-state index is -4.55. The van der Waals surface area contributed by atoms with Crippen LogP contribution in [0.1, 0.15) is 15.9 Å². The highest BCUT2D eigenvalue weighted by Crippen LogP contribution is 2.36. The van der Waals surface area contributed by atoms with E-state index in [1.165, 1.54) is 24.5 Å². The predicted molar refractivity (Wildman–Crippen MR) is 65.7 cm³/mol. The maximum absolute atomic E-state index is 12.8. The van der Waals surface area contributed by atoms with Crippen molar-refractivity contribution in [3.8, 4) is 0 Å². The van der Waals surface area contributed by atoms with Crippen molar-refractivity contribution in [2.24, 2.45) is 0 Å². The first-order chi connectivity index (χ1) is 8.88.